The highest BCUT2D eigenvalue weighted by molar-refractivity contribution is 7.16. The highest BCUT2D eigenvalue weighted by Gasteiger charge is 2.24. The summed E-state index contributed by atoms with van der Waals surface area (Å²) in [5.41, 5.74) is 1.86. The van der Waals surface area contributed by atoms with Crippen molar-refractivity contribution in [1.29, 1.82) is 5.26 Å². The van der Waals surface area contributed by atoms with Crippen molar-refractivity contribution in [2.75, 3.05) is 25.0 Å². The zero-order valence-electron chi connectivity index (χ0n) is 14.4. The third-order valence-corrected chi connectivity index (χ3v) is 5.89. The van der Waals surface area contributed by atoms with Gasteiger partial charge in [-0.3, -0.25) is 9.69 Å². The lowest BCUT2D eigenvalue weighted by Crippen LogP contribution is -2.46. The topological polar surface area (TPSA) is 65.4 Å². The highest BCUT2D eigenvalue weighted by atomic mass is 32.1. The van der Waals surface area contributed by atoms with Gasteiger partial charge in [0.1, 0.15) is 11.1 Å². The summed E-state index contributed by atoms with van der Waals surface area (Å²) in [5.74, 6) is -0.00288. The summed E-state index contributed by atoms with van der Waals surface area (Å²) in [4.78, 5) is 15.9. The number of carbonyl (C=O) groups excluding carboxylic acids is 1. The van der Waals surface area contributed by atoms with Gasteiger partial charge in [-0.1, -0.05) is 0 Å². The SMILES string of the molecule is C[C@@H]1CN(CCC(=O)Nc2sc3c(c2C#N)CCCC3)C[C@H](C)O1. The van der Waals surface area contributed by atoms with Crippen LogP contribution in [0.25, 0.3) is 0 Å². The van der Waals surface area contributed by atoms with Crippen molar-refractivity contribution in [3.8, 4) is 6.07 Å². The molecule has 1 fully saturated rings. The predicted molar refractivity (Wildman–Crippen MR) is 95.4 cm³/mol. The van der Waals surface area contributed by atoms with E-state index in [-0.39, 0.29) is 18.1 Å². The molecule has 1 aliphatic heterocycles. The van der Waals surface area contributed by atoms with Crippen molar-refractivity contribution in [3.05, 3.63) is 16.0 Å². The van der Waals surface area contributed by atoms with Gasteiger partial charge in [-0.25, -0.2) is 0 Å². The molecule has 1 aromatic rings. The molecular weight excluding hydrogens is 322 g/mol. The first-order chi connectivity index (χ1) is 11.6. The van der Waals surface area contributed by atoms with Crippen molar-refractivity contribution in [2.45, 2.75) is 58.2 Å². The number of amides is 1. The van der Waals surface area contributed by atoms with Crippen molar-refractivity contribution >= 4 is 22.2 Å². The van der Waals surface area contributed by atoms with Gasteiger partial charge in [-0.15, -0.1) is 11.3 Å². The number of morpholine rings is 1. The minimum absolute atomic E-state index is 0.00288. The zero-order valence-corrected chi connectivity index (χ0v) is 15.2. The van der Waals surface area contributed by atoms with Gasteiger partial charge in [0.2, 0.25) is 5.91 Å². The van der Waals surface area contributed by atoms with E-state index in [1.165, 1.54) is 16.9 Å². The lowest BCUT2D eigenvalue weighted by atomic mass is 9.96. The molecule has 1 aliphatic carbocycles. The Morgan fingerprint density at radius 1 is 1.33 bits per heavy atom. The summed E-state index contributed by atoms with van der Waals surface area (Å²) in [7, 11) is 0. The number of fused-ring (bicyclic) bond motifs is 1. The number of anilines is 1. The normalized spacial score (nSPS) is 24.2. The quantitative estimate of drug-likeness (QED) is 0.909. The molecular formula is C18H25N3O2S. The molecule has 5 nitrogen and oxygen atoms in total. The fourth-order valence-corrected chi connectivity index (χ4v) is 4.94. The van der Waals surface area contributed by atoms with E-state index < -0.39 is 0 Å². The standard InChI is InChI=1S/C18H25N3O2S/c1-12-10-21(11-13(2)23-12)8-7-17(22)20-18-15(9-19)14-5-3-4-6-16(14)24-18/h12-13H,3-8,10-11H2,1-2H3,(H,20,22)/t12-,13+. The van der Waals surface area contributed by atoms with Gasteiger partial charge >= 0.3 is 0 Å². The lowest BCUT2D eigenvalue weighted by molar-refractivity contribution is -0.117. The number of nitrogens with one attached hydrogen (secondary N) is 1. The van der Waals surface area contributed by atoms with Crippen LogP contribution in [0, 0.1) is 11.3 Å². The molecule has 0 saturated carbocycles. The molecule has 0 aromatic carbocycles. The van der Waals surface area contributed by atoms with E-state index in [2.05, 4.69) is 30.1 Å². The van der Waals surface area contributed by atoms with Gasteiger partial charge in [-0.2, -0.15) is 5.26 Å². The molecule has 130 valence electrons. The molecule has 1 N–H and O–H groups in total. The van der Waals surface area contributed by atoms with Crippen LogP contribution in [0.15, 0.2) is 0 Å². The Kier molecular flexibility index (Phi) is 5.54. The molecule has 0 spiro atoms. The van der Waals surface area contributed by atoms with Gasteiger partial charge in [-0.05, 0) is 45.1 Å². The third-order valence-electron chi connectivity index (χ3n) is 4.69. The van der Waals surface area contributed by atoms with Crippen LogP contribution in [0.2, 0.25) is 0 Å². The van der Waals surface area contributed by atoms with Crippen LogP contribution in [0.4, 0.5) is 5.00 Å². The second kappa shape index (κ2) is 7.64. The number of aryl methyl sites for hydroxylation is 1. The number of ether oxygens (including phenoxy) is 1. The first-order valence-corrected chi connectivity index (χ1v) is 9.60. The molecule has 2 heterocycles. The second-order valence-corrected chi connectivity index (χ2v) is 7.95. The Labute approximate surface area is 147 Å². The van der Waals surface area contributed by atoms with Gasteiger partial charge in [0.25, 0.3) is 0 Å². The maximum absolute atomic E-state index is 12.3. The zero-order chi connectivity index (χ0) is 17.1. The fraction of sp³-hybridized carbons (Fsp3) is 0.667. The van der Waals surface area contributed by atoms with E-state index in [1.54, 1.807) is 11.3 Å². The Morgan fingerprint density at radius 2 is 2.04 bits per heavy atom. The molecule has 0 unspecified atom stereocenters. The van der Waals surface area contributed by atoms with Crippen molar-refractivity contribution in [2.24, 2.45) is 0 Å². The summed E-state index contributed by atoms with van der Waals surface area (Å²) in [6, 6.07) is 2.29. The van der Waals surface area contributed by atoms with E-state index in [9.17, 15) is 10.1 Å². The number of thiophene rings is 1. The maximum Gasteiger partial charge on any atom is 0.226 e. The number of nitriles is 1. The summed E-state index contributed by atoms with van der Waals surface area (Å²) in [6.07, 6.45) is 5.20. The molecule has 3 rings (SSSR count). The largest absolute Gasteiger partial charge is 0.373 e. The highest BCUT2D eigenvalue weighted by Crippen LogP contribution is 2.37. The monoisotopic (exact) mass is 347 g/mol. The summed E-state index contributed by atoms with van der Waals surface area (Å²) < 4.78 is 5.72. The van der Waals surface area contributed by atoms with Crippen molar-refractivity contribution in [1.82, 2.24) is 4.90 Å². The minimum Gasteiger partial charge on any atom is -0.373 e. The molecule has 2 atom stereocenters. The average Bonchev–Trinajstić information content (AvgIpc) is 2.89. The van der Waals surface area contributed by atoms with Gasteiger partial charge in [0, 0.05) is 30.9 Å². The van der Waals surface area contributed by atoms with Crippen LogP contribution in [0.5, 0.6) is 0 Å². The fourth-order valence-electron chi connectivity index (χ4n) is 3.69. The van der Waals surface area contributed by atoms with Gasteiger partial charge < -0.3 is 10.1 Å². The Hall–Kier alpha value is -1.42. The number of rotatable bonds is 4. The molecule has 24 heavy (non-hydrogen) atoms. The van der Waals surface area contributed by atoms with Crippen LogP contribution < -0.4 is 5.32 Å². The van der Waals surface area contributed by atoms with Crippen LogP contribution in [0.1, 0.15) is 49.1 Å². The Bertz CT molecular complexity index is 639. The Morgan fingerprint density at radius 3 is 2.75 bits per heavy atom. The molecule has 1 amide bonds. The predicted octanol–water partition coefficient (Wildman–Crippen LogP) is 2.94. The second-order valence-electron chi connectivity index (χ2n) is 6.84. The van der Waals surface area contributed by atoms with Gasteiger partial charge in [0.05, 0.1) is 17.8 Å². The average molecular weight is 347 g/mol. The number of nitrogens with zero attached hydrogens (tertiary/aromatic N) is 2. The van der Waals surface area contributed by atoms with E-state index in [1.807, 2.05) is 0 Å². The van der Waals surface area contributed by atoms with E-state index in [4.69, 9.17) is 4.74 Å². The van der Waals surface area contributed by atoms with Crippen molar-refractivity contribution < 1.29 is 9.53 Å². The third kappa shape index (κ3) is 3.97. The summed E-state index contributed by atoms with van der Waals surface area (Å²) in [5, 5.41) is 13.2. The molecule has 6 heteroatoms. The van der Waals surface area contributed by atoms with Crippen LogP contribution in [-0.4, -0.2) is 42.6 Å². The number of hydrogen-bond donors (Lipinski definition) is 1. The van der Waals surface area contributed by atoms with Crippen LogP contribution in [0.3, 0.4) is 0 Å². The van der Waals surface area contributed by atoms with Crippen LogP contribution in [-0.2, 0) is 22.4 Å². The minimum atomic E-state index is -0.00288. The molecule has 0 bridgehead atoms. The van der Waals surface area contributed by atoms with E-state index >= 15 is 0 Å². The first kappa shape index (κ1) is 17.4. The van der Waals surface area contributed by atoms with E-state index in [0.29, 0.717) is 12.0 Å². The van der Waals surface area contributed by atoms with E-state index in [0.717, 1.165) is 43.9 Å². The van der Waals surface area contributed by atoms with Gasteiger partial charge in [0.15, 0.2) is 0 Å². The van der Waals surface area contributed by atoms with Crippen molar-refractivity contribution in [3.63, 3.8) is 0 Å². The van der Waals surface area contributed by atoms with Crippen LogP contribution >= 0.6 is 11.3 Å². The Balaban J connectivity index is 1.57. The number of carbonyl (C=O) groups is 1. The summed E-state index contributed by atoms with van der Waals surface area (Å²) in [6.45, 7) is 6.61. The molecule has 0 radical (unpaired) electrons. The number of hydrogen-bond acceptors (Lipinski definition) is 5. The lowest BCUT2D eigenvalue weighted by Gasteiger charge is -2.35. The smallest absolute Gasteiger partial charge is 0.226 e. The first-order valence-electron chi connectivity index (χ1n) is 8.79. The maximum atomic E-state index is 12.3. The molecule has 1 aromatic heterocycles. The molecule has 2 aliphatic rings. The molecule has 1 saturated heterocycles. The summed E-state index contributed by atoms with van der Waals surface area (Å²) >= 11 is 1.59.